The smallest absolute Gasteiger partial charge is 0.241 e. The molecule has 6 nitrogen and oxygen atoms in total. The fourth-order valence-electron chi connectivity index (χ4n) is 1.75. The van der Waals surface area contributed by atoms with Crippen molar-refractivity contribution in [2.45, 2.75) is 26.8 Å². The van der Waals surface area contributed by atoms with Crippen molar-refractivity contribution < 1.29 is 4.79 Å². The van der Waals surface area contributed by atoms with Crippen molar-refractivity contribution in [2.24, 2.45) is 11.7 Å². The van der Waals surface area contributed by atoms with Crippen LogP contribution in [0.15, 0.2) is 30.7 Å². The number of nitrogens with one attached hydrogen (secondary N) is 1. The van der Waals surface area contributed by atoms with E-state index < -0.39 is 6.04 Å². The molecule has 0 saturated carbocycles. The first-order valence-corrected chi connectivity index (χ1v) is 6.52. The predicted octanol–water partition coefficient (Wildman–Crippen LogP) is 1.50. The lowest BCUT2D eigenvalue weighted by molar-refractivity contribution is -0.118. The number of nitrogens with zero attached hydrogens (tertiary/aromatic N) is 3. The summed E-state index contributed by atoms with van der Waals surface area (Å²) < 4.78 is 1.87. The molecular weight excluding hydrogens is 254 g/mol. The van der Waals surface area contributed by atoms with Gasteiger partial charge in [0, 0.05) is 12.4 Å². The molecule has 20 heavy (non-hydrogen) atoms. The molecule has 106 valence electrons. The maximum atomic E-state index is 11.8. The molecule has 2 rings (SSSR count). The zero-order chi connectivity index (χ0) is 14.7. The number of anilines is 1. The van der Waals surface area contributed by atoms with Crippen LogP contribution in [0.3, 0.4) is 0 Å². The number of amides is 1. The topological polar surface area (TPSA) is 85.8 Å². The average molecular weight is 273 g/mol. The number of aryl methyl sites for hydroxylation is 1. The number of hydrogen-bond donors (Lipinski definition) is 2. The van der Waals surface area contributed by atoms with Gasteiger partial charge < -0.3 is 11.1 Å². The van der Waals surface area contributed by atoms with Crippen LogP contribution in [-0.2, 0) is 4.79 Å². The Hall–Kier alpha value is -2.21. The lowest BCUT2D eigenvalue weighted by Crippen LogP contribution is -2.39. The summed E-state index contributed by atoms with van der Waals surface area (Å²) in [5.41, 5.74) is 6.42. The van der Waals surface area contributed by atoms with Crippen molar-refractivity contribution in [2.75, 3.05) is 5.32 Å². The lowest BCUT2D eigenvalue weighted by Gasteiger charge is -2.15. The first-order valence-electron chi connectivity index (χ1n) is 6.52. The minimum absolute atomic E-state index is 0.0934. The fourth-order valence-corrected chi connectivity index (χ4v) is 1.75. The monoisotopic (exact) mass is 273 g/mol. The largest absolute Gasteiger partial charge is 0.323 e. The van der Waals surface area contributed by atoms with Crippen LogP contribution in [0.25, 0.3) is 5.82 Å². The second-order valence-corrected chi connectivity index (χ2v) is 5.01. The Morgan fingerprint density at radius 2 is 2.10 bits per heavy atom. The molecule has 6 heteroatoms. The number of rotatable bonds is 4. The Labute approximate surface area is 118 Å². The van der Waals surface area contributed by atoms with Crippen molar-refractivity contribution in [1.82, 2.24) is 14.5 Å². The van der Waals surface area contributed by atoms with Crippen LogP contribution in [0.4, 0.5) is 5.69 Å². The van der Waals surface area contributed by atoms with Crippen LogP contribution < -0.4 is 11.1 Å². The van der Waals surface area contributed by atoms with Crippen LogP contribution >= 0.6 is 0 Å². The average Bonchev–Trinajstić information content (AvgIpc) is 2.85. The van der Waals surface area contributed by atoms with Crippen molar-refractivity contribution in [3.8, 4) is 5.82 Å². The normalized spacial score (nSPS) is 12.4. The van der Waals surface area contributed by atoms with Gasteiger partial charge in [0.15, 0.2) is 0 Å². The van der Waals surface area contributed by atoms with Gasteiger partial charge >= 0.3 is 0 Å². The molecule has 3 N–H and O–H groups in total. The van der Waals surface area contributed by atoms with E-state index in [0.717, 1.165) is 11.6 Å². The summed E-state index contributed by atoms with van der Waals surface area (Å²) in [7, 11) is 0. The molecular formula is C14H19N5O. The van der Waals surface area contributed by atoms with Gasteiger partial charge in [-0.25, -0.2) is 9.97 Å². The van der Waals surface area contributed by atoms with E-state index in [0.29, 0.717) is 5.69 Å². The quantitative estimate of drug-likeness (QED) is 0.884. The summed E-state index contributed by atoms with van der Waals surface area (Å²) in [6.07, 6.45) is 5.17. The van der Waals surface area contributed by atoms with Crippen LogP contribution in [0, 0.1) is 12.8 Å². The van der Waals surface area contributed by atoms with E-state index in [4.69, 9.17) is 5.73 Å². The molecule has 2 aromatic rings. The fraction of sp³-hybridized carbons (Fsp3) is 0.357. The van der Waals surface area contributed by atoms with Crippen molar-refractivity contribution in [3.63, 3.8) is 0 Å². The SMILES string of the molecule is Cc1nccn1-c1ccc(NC(=O)[C@@H](N)C(C)C)cn1. The van der Waals surface area contributed by atoms with Gasteiger partial charge in [-0.15, -0.1) is 0 Å². The van der Waals surface area contributed by atoms with Gasteiger partial charge in [0.1, 0.15) is 11.6 Å². The van der Waals surface area contributed by atoms with Crippen molar-refractivity contribution in [1.29, 1.82) is 0 Å². The van der Waals surface area contributed by atoms with E-state index in [2.05, 4.69) is 15.3 Å². The highest BCUT2D eigenvalue weighted by Gasteiger charge is 2.17. The minimum Gasteiger partial charge on any atom is -0.323 e. The Balaban J connectivity index is 2.10. The molecule has 2 aromatic heterocycles. The Morgan fingerprint density at radius 1 is 1.35 bits per heavy atom. The Bertz CT molecular complexity index is 588. The highest BCUT2D eigenvalue weighted by molar-refractivity contribution is 5.94. The molecule has 1 amide bonds. The number of carbonyl (C=O) groups is 1. The zero-order valence-corrected chi connectivity index (χ0v) is 11.9. The van der Waals surface area contributed by atoms with Gasteiger partial charge in [0.2, 0.25) is 5.91 Å². The molecule has 0 unspecified atom stereocenters. The maximum absolute atomic E-state index is 11.8. The van der Waals surface area contributed by atoms with E-state index in [1.807, 2.05) is 37.6 Å². The van der Waals surface area contributed by atoms with Crippen LogP contribution in [0.2, 0.25) is 0 Å². The summed E-state index contributed by atoms with van der Waals surface area (Å²) >= 11 is 0. The molecule has 0 aromatic carbocycles. The van der Waals surface area contributed by atoms with Crippen LogP contribution in [0.5, 0.6) is 0 Å². The summed E-state index contributed by atoms with van der Waals surface area (Å²) in [6.45, 7) is 5.72. The Morgan fingerprint density at radius 3 is 2.60 bits per heavy atom. The van der Waals surface area contributed by atoms with Crippen molar-refractivity contribution >= 4 is 11.6 Å². The molecule has 0 aliphatic heterocycles. The van der Waals surface area contributed by atoms with E-state index in [9.17, 15) is 4.79 Å². The van der Waals surface area contributed by atoms with Gasteiger partial charge in [0.05, 0.1) is 17.9 Å². The van der Waals surface area contributed by atoms with Gasteiger partial charge in [-0.05, 0) is 25.0 Å². The first kappa shape index (κ1) is 14.2. The number of hydrogen-bond acceptors (Lipinski definition) is 4. The number of carbonyl (C=O) groups excluding carboxylic acids is 1. The maximum Gasteiger partial charge on any atom is 0.241 e. The third-order valence-corrected chi connectivity index (χ3v) is 3.11. The molecule has 0 spiro atoms. The molecule has 0 fully saturated rings. The summed E-state index contributed by atoms with van der Waals surface area (Å²) in [6, 6.07) is 3.10. The predicted molar refractivity (Wildman–Crippen MR) is 77.5 cm³/mol. The van der Waals surface area contributed by atoms with Crippen LogP contribution in [0.1, 0.15) is 19.7 Å². The zero-order valence-electron chi connectivity index (χ0n) is 11.9. The first-order chi connectivity index (χ1) is 9.49. The van der Waals surface area contributed by atoms with E-state index in [1.165, 1.54) is 0 Å². The van der Waals surface area contributed by atoms with Gasteiger partial charge in [-0.1, -0.05) is 13.8 Å². The molecule has 2 heterocycles. The second kappa shape index (κ2) is 5.83. The molecule has 0 aliphatic rings. The molecule has 0 bridgehead atoms. The van der Waals surface area contributed by atoms with E-state index in [1.54, 1.807) is 18.5 Å². The van der Waals surface area contributed by atoms with Gasteiger partial charge in [0.25, 0.3) is 0 Å². The lowest BCUT2D eigenvalue weighted by atomic mass is 10.1. The minimum atomic E-state index is -0.523. The highest BCUT2D eigenvalue weighted by atomic mass is 16.2. The molecule has 0 radical (unpaired) electrons. The van der Waals surface area contributed by atoms with Crippen LogP contribution in [-0.4, -0.2) is 26.5 Å². The van der Waals surface area contributed by atoms with Gasteiger partial charge in [-0.2, -0.15) is 0 Å². The highest BCUT2D eigenvalue weighted by Crippen LogP contribution is 2.12. The Kier molecular flexibility index (Phi) is 4.14. The second-order valence-electron chi connectivity index (χ2n) is 5.01. The van der Waals surface area contributed by atoms with E-state index >= 15 is 0 Å². The summed E-state index contributed by atoms with van der Waals surface area (Å²) in [5.74, 6) is 1.51. The third-order valence-electron chi connectivity index (χ3n) is 3.11. The number of pyridine rings is 1. The summed E-state index contributed by atoms with van der Waals surface area (Å²) in [5, 5.41) is 2.76. The number of nitrogens with two attached hydrogens (primary N) is 1. The summed E-state index contributed by atoms with van der Waals surface area (Å²) in [4.78, 5) is 20.3. The number of imidazole rings is 1. The third kappa shape index (κ3) is 3.03. The molecule has 1 atom stereocenters. The number of aromatic nitrogens is 3. The molecule has 0 saturated heterocycles. The van der Waals surface area contributed by atoms with Gasteiger partial charge in [-0.3, -0.25) is 9.36 Å². The van der Waals surface area contributed by atoms with Crippen molar-refractivity contribution in [3.05, 3.63) is 36.5 Å². The molecule has 0 aliphatic carbocycles. The van der Waals surface area contributed by atoms with E-state index in [-0.39, 0.29) is 11.8 Å². The standard InChI is InChI=1S/C14H19N5O/c1-9(2)13(15)14(20)18-11-4-5-12(17-8-11)19-7-6-16-10(19)3/h4-9,13H,15H2,1-3H3,(H,18,20)/t13-/m0/s1.